The number of para-hydroxylation sites is 1. The number of anilines is 1. The number of amides is 1. The molecule has 4 rings (SSSR count). The number of carboxylic acids is 1. The zero-order valence-electron chi connectivity index (χ0n) is 19.2. The Morgan fingerprint density at radius 3 is 2.35 bits per heavy atom. The van der Waals surface area contributed by atoms with Crippen molar-refractivity contribution < 1.29 is 19.4 Å². The van der Waals surface area contributed by atoms with Crippen molar-refractivity contribution >= 4 is 17.6 Å². The Kier molecular flexibility index (Phi) is 7.57. The molecule has 34 heavy (non-hydrogen) atoms. The summed E-state index contributed by atoms with van der Waals surface area (Å²) in [6, 6.07) is 24.2. The van der Waals surface area contributed by atoms with Gasteiger partial charge in [-0.3, -0.25) is 14.6 Å². The summed E-state index contributed by atoms with van der Waals surface area (Å²) in [5.74, 6) is 0.514. The summed E-state index contributed by atoms with van der Waals surface area (Å²) in [5, 5.41) is 12.0. The van der Waals surface area contributed by atoms with Gasteiger partial charge in [-0.1, -0.05) is 30.3 Å². The molecule has 1 amide bonds. The van der Waals surface area contributed by atoms with Crippen molar-refractivity contribution in [2.24, 2.45) is 0 Å². The monoisotopic (exact) mass is 459 g/mol. The third-order valence-electron chi connectivity index (χ3n) is 5.99. The summed E-state index contributed by atoms with van der Waals surface area (Å²) in [6.07, 6.45) is 0.989. The van der Waals surface area contributed by atoms with Crippen molar-refractivity contribution in [3.05, 3.63) is 90.0 Å². The van der Waals surface area contributed by atoms with Crippen LogP contribution in [0.5, 0.6) is 11.5 Å². The molecule has 7 nitrogen and oxygen atoms in total. The fraction of sp³-hybridized carbons (Fsp3) is 0.259. The summed E-state index contributed by atoms with van der Waals surface area (Å²) >= 11 is 0. The van der Waals surface area contributed by atoms with E-state index in [1.54, 1.807) is 12.1 Å². The number of likely N-dealkylation sites (N-methyl/N-ethyl adjacent to an activating group) is 1. The van der Waals surface area contributed by atoms with Crippen LogP contribution < -0.4 is 10.1 Å². The van der Waals surface area contributed by atoms with Crippen molar-refractivity contribution in [1.82, 2.24) is 9.80 Å². The third-order valence-corrected chi connectivity index (χ3v) is 5.99. The van der Waals surface area contributed by atoms with Crippen LogP contribution in [0.2, 0.25) is 0 Å². The van der Waals surface area contributed by atoms with Crippen LogP contribution in [0.4, 0.5) is 5.69 Å². The van der Waals surface area contributed by atoms with Crippen LogP contribution in [0.15, 0.2) is 78.9 Å². The molecule has 0 bridgehead atoms. The number of aromatic carboxylic acids is 1. The minimum atomic E-state index is -0.913. The zero-order chi connectivity index (χ0) is 23.9. The maximum Gasteiger partial charge on any atom is 0.335 e. The van der Waals surface area contributed by atoms with Crippen LogP contribution in [0.3, 0.4) is 0 Å². The molecule has 3 aromatic rings. The van der Waals surface area contributed by atoms with Gasteiger partial charge in [-0.15, -0.1) is 0 Å². The van der Waals surface area contributed by atoms with Crippen LogP contribution in [0.25, 0.3) is 0 Å². The number of rotatable bonds is 9. The van der Waals surface area contributed by atoms with E-state index in [1.807, 2.05) is 73.8 Å². The van der Waals surface area contributed by atoms with Crippen LogP contribution in [0.1, 0.15) is 22.3 Å². The Bertz CT molecular complexity index is 1100. The third kappa shape index (κ3) is 6.43. The van der Waals surface area contributed by atoms with E-state index in [-0.39, 0.29) is 5.91 Å². The number of carboxylic acid groups (broad SMARTS) is 1. The largest absolute Gasteiger partial charge is 0.478 e. The van der Waals surface area contributed by atoms with Gasteiger partial charge in [0.1, 0.15) is 11.5 Å². The topological polar surface area (TPSA) is 82.1 Å². The molecular weight excluding hydrogens is 430 g/mol. The molecule has 0 spiro atoms. The first-order valence-corrected chi connectivity index (χ1v) is 11.3. The molecule has 0 saturated carbocycles. The predicted molar refractivity (Wildman–Crippen MR) is 131 cm³/mol. The number of hydrogen-bond acceptors (Lipinski definition) is 5. The molecule has 7 heteroatoms. The van der Waals surface area contributed by atoms with Gasteiger partial charge in [-0.05, 0) is 67.6 Å². The minimum absolute atomic E-state index is 0.0538. The van der Waals surface area contributed by atoms with Gasteiger partial charge in [0, 0.05) is 31.4 Å². The van der Waals surface area contributed by atoms with Crippen LogP contribution in [-0.2, 0) is 11.3 Å². The number of carbonyl (C=O) groups excluding carboxylic acids is 1. The number of benzene rings is 3. The smallest absolute Gasteiger partial charge is 0.335 e. The first-order valence-electron chi connectivity index (χ1n) is 11.3. The highest BCUT2D eigenvalue weighted by Crippen LogP contribution is 2.23. The fourth-order valence-corrected chi connectivity index (χ4v) is 4.11. The summed E-state index contributed by atoms with van der Waals surface area (Å²) in [6.45, 7) is 2.90. The highest BCUT2D eigenvalue weighted by atomic mass is 16.5. The van der Waals surface area contributed by atoms with Crippen molar-refractivity contribution in [3.8, 4) is 11.5 Å². The van der Waals surface area contributed by atoms with E-state index < -0.39 is 5.97 Å². The lowest BCUT2D eigenvalue weighted by Gasteiger charge is -2.24. The average molecular weight is 460 g/mol. The molecule has 1 fully saturated rings. The second-order valence-electron chi connectivity index (χ2n) is 8.58. The van der Waals surface area contributed by atoms with Crippen LogP contribution >= 0.6 is 0 Å². The molecular formula is C27H29N3O4. The SMILES string of the molecule is CN(CC(=O)Nc1ccc(Oc2ccccc2)cc1)[C@@H]1CCN(Cc2ccc(C(=O)O)cc2)C1. The maximum absolute atomic E-state index is 12.6. The molecule has 176 valence electrons. The number of nitrogens with one attached hydrogen (secondary N) is 1. The van der Waals surface area contributed by atoms with E-state index in [0.717, 1.165) is 43.1 Å². The standard InChI is InChI=1S/C27H29N3O4/c1-29(23-15-16-30(18-23)17-20-7-9-21(10-8-20)27(32)33)19-26(31)28-22-11-13-25(14-12-22)34-24-5-3-2-4-6-24/h2-14,23H,15-19H2,1H3,(H,28,31)(H,32,33)/t23-/m1/s1. The number of likely N-dealkylation sites (tertiary alicyclic amines) is 1. The van der Waals surface area contributed by atoms with Gasteiger partial charge in [-0.2, -0.15) is 0 Å². The molecule has 1 aliphatic rings. The lowest BCUT2D eigenvalue weighted by Crippen LogP contribution is -2.39. The average Bonchev–Trinajstić information content (AvgIpc) is 3.30. The van der Waals surface area contributed by atoms with Gasteiger partial charge < -0.3 is 15.2 Å². The Morgan fingerprint density at radius 2 is 1.68 bits per heavy atom. The van der Waals surface area contributed by atoms with Crippen LogP contribution in [0, 0.1) is 0 Å². The lowest BCUT2D eigenvalue weighted by molar-refractivity contribution is -0.117. The number of ether oxygens (including phenoxy) is 1. The second kappa shape index (κ2) is 11.0. The number of hydrogen-bond donors (Lipinski definition) is 2. The fourth-order valence-electron chi connectivity index (χ4n) is 4.11. The van der Waals surface area contributed by atoms with Gasteiger partial charge in [0.15, 0.2) is 0 Å². The lowest BCUT2D eigenvalue weighted by atomic mass is 10.1. The molecule has 1 atom stereocenters. The Morgan fingerprint density at radius 1 is 1.00 bits per heavy atom. The van der Waals surface area contributed by atoms with Gasteiger partial charge in [0.25, 0.3) is 0 Å². The Balaban J connectivity index is 1.22. The highest BCUT2D eigenvalue weighted by molar-refractivity contribution is 5.92. The minimum Gasteiger partial charge on any atom is -0.478 e. The van der Waals surface area contributed by atoms with Gasteiger partial charge in [0.2, 0.25) is 5.91 Å². The quantitative estimate of drug-likeness (QED) is 0.496. The molecule has 1 saturated heterocycles. The first kappa shape index (κ1) is 23.5. The van der Waals surface area contributed by atoms with Crippen molar-refractivity contribution in [3.63, 3.8) is 0 Å². The van der Waals surface area contributed by atoms with Crippen molar-refractivity contribution in [2.75, 3.05) is 32.0 Å². The summed E-state index contributed by atoms with van der Waals surface area (Å²) in [5.41, 5.74) is 2.12. The molecule has 0 aliphatic carbocycles. The van der Waals surface area contributed by atoms with E-state index in [1.165, 1.54) is 0 Å². The van der Waals surface area contributed by atoms with Crippen LogP contribution in [-0.4, -0.2) is 59.5 Å². The Hall–Kier alpha value is -3.68. The summed E-state index contributed by atoms with van der Waals surface area (Å²) in [7, 11) is 1.98. The number of nitrogens with zero attached hydrogens (tertiary/aromatic N) is 2. The second-order valence-corrected chi connectivity index (χ2v) is 8.58. The predicted octanol–water partition coefficient (Wildman–Crippen LogP) is 4.32. The van der Waals surface area contributed by atoms with E-state index in [9.17, 15) is 9.59 Å². The van der Waals surface area contributed by atoms with E-state index in [0.29, 0.717) is 23.9 Å². The summed E-state index contributed by atoms with van der Waals surface area (Å²) < 4.78 is 5.79. The highest BCUT2D eigenvalue weighted by Gasteiger charge is 2.26. The van der Waals surface area contributed by atoms with Gasteiger partial charge in [-0.25, -0.2) is 4.79 Å². The zero-order valence-corrected chi connectivity index (χ0v) is 19.2. The molecule has 1 aliphatic heterocycles. The number of carbonyl (C=O) groups is 2. The van der Waals surface area contributed by atoms with Crippen molar-refractivity contribution in [1.29, 1.82) is 0 Å². The van der Waals surface area contributed by atoms with E-state index >= 15 is 0 Å². The molecule has 0 aromatic heterocycles. The summed E-state index contributed by atoms with van der Waals surface area (Å²) in [4.78, 5) is 28.0. The van der Waals surface area contributed by atoms with E-state index in [2.05, 4.69) is 15.1 Å². The molecule has 0 radical (unpaired) electrons. The van der Waals surface area contributed by atoms with Gasteiger partial charge >= 0.3 is 5.97 Å². The van der Waals surface area contributed by atoms with Crippen molar-refractivity contribution in [2.45, 2.75) is 19.0 Å². The maximum atomic E-state index is 12.6. The normalized spacial score (nSPS) is 15.9. The molecule has 0 unspecified atom stereocenters. The molecule has 3 aromatic carbocycles. The van der Waals surface area contributed by atoms with Gasteiger partial charge in [0.05, 0.1) is 12.1 Å². The molecule has 1 heterocycles. The Labute approximate surface area is 199 Å². The molecule has 2 N–H and O–H groups in total. The first-order chi connectivity index (χ1) is 16.5. The van der Waals surface area contributed by atoms with E-state index in [4.69, 9.17) is 9.84 Å².